The zero-order valence-electron chi connectivity index (χ0n) is 8.53. The van der Waals surface area contributed by atoms with Gasteiger partial charge in [-0.05, 0) is 31.1 Å². The van der Waals surface area contributed by atoms with Crippen LogP contribution in [-0.2, 0) is 4.79 Å². The molecular weight excluding hydrogens is 172 g/mol. The predicted octanol–water partition coefficient (Wildman–Crippen LogP) is 3.24. The molecule has 0 fully saturated rings. The summed E-state index contributed by atoms with van der Waals surface area (Å²) in [5.41, 5.74) is 2.12. The van der Waals surface area contributed by atoms with E-state index < -0.39 is 0 Å². The third-order valence-corrected chi connectivity index (χ3v) is 1.77. The molecule has 0 aliphatic heterocycles. The van der Waals surface area contributed by atoms with E-state index in [2.05, 4.69) is 0 Å². The van der Waals surface area contributed by atoms with E-state index in [-0.39, 0.29) is 5.78 Å². The second kappa shape index (κ2) is 5.18. The molecule has 0 aliphatic rings. The van der Waals surface area contributed by atoms with Crippen molar-refractivity contribution in [3.63, 3.8) is 0 Å². The fourth-order valence-corrected chi connectivity index (χ4v) is 1.16. The first-order chi connectivity index (χ1) is 6.68. The Morgan fingerprint density at radius 1 is 1.14 bits per heavy atom. The molecule has 0 spiro atoms. The fraction of sp³-hybridized carbons (Fsp3) is 0.154. The van der Waals surface area contributed by atoms with Gasteiger partial charge in [-0.25, -0.2) is 0 Å². The minimum absolute atomic E-state index is 0.0835. The molecule has 0 bridgehead atoms. The molecule has 0 unspecified atom stereocenters. The lowest BCUT2D eigenvalue weighted by molar-refractivity contribution is -0.112. The molecule has 0 radical (unpaired) electrons. The zero-order valence-corrected chi connectivity index (χ0v) is 8.53. The van der Waals surface area contributed by atoms with Crippen LogP contribution in [0, 0.1) is 0 Å². The van der Waals surface area contributed by atoms with Gasteiger partial charge in [0.15, 0.2) is 5.78 Å². The van der Waals surface area contributed by atoms with E-state index in [1.54, 1.807) is 13.0 Å². The molecule has 1 rings (SSSR count). The standard InChI is InChI=1S/C13H14O/c1-11(10-12(2)14)8-9-13-6-4-3-5-7-13/h3-10H,1-2H3/b9-8+,11-10-. The fourth-order valence-electron chi connectivity index (χ4n) is 1.16. The smallest absolute Gasteiger partial charge is 0.152 e. The van der Waals surface area contributed by atoms with Crippen LogP contribution in [0.15, 0.2) is 48.1 Å². The summed E-state index contributed by atoms with van der Waals surface area (Å²) in [6.07, 6.45) is 5.56. The van der Waals surface area contributed by atoms with Crippen molar-refractivity contribution in [3.8, 4) is 0 Å². The molecular formula is C13H14O. The highest BCUT2D eigenvalue weighted by molar-refractivity contribution is 5.88. The molecule has 0 heterocycles. The van der Waals surface area contributed by atoms with E-state index in [1.165, 1.54) is 0 Å². The summed E-state index contributed by atoms with van der Waals surface area (Å²) in [7, 11) is 0. The maximum absolute atomic E-state index is 10.8. The normalized spacial score (nSPS) is 12.0. The highest BCUT2D eigenvalue weighted by Crippen LogP contribution is 2.04. The molecule has 1 nitrogen and oxygen atoms in total. The Labute approximate surface area is 84.8 Å². The van der Waals surface area contributed by atoms with Crippen LogP contribution in [0.4, 0.5) is 0 Å². The first-order valence-electron chi connectivity index (χ1n) is 4.60. The highest BCUT2D eigenvalue weighted by atomic mass is 16.1. The lowest BCUT2D eigenvalue weighted by Crippen LogP contribution is -1.82. The summed E-state index contributed by atoms with van der Waals surface area (Å²) in [6.45, 7) is 3.47. The lowest BCUT2D eigenvalue weighted by atomic mass is 10.1. The third-order valence-electron chi connectivity index (χ3n) is 1.77. The Hall–Kier alpha value is -1.63. The van der Waals surface area contributed by atoms with E-state index in [4.69, 9.17) is 0 Å². The van der Waals surface area contributed by atoms with Crippen molar-refractivity contribution in [2.24, 2.45) is 0 Å². The van der Waals surface area contributed by atoms with Crippen molar-refractivity contribution in [3.05, 3.63) is 53.6 Å². The Bertz CT molecular complexity index is 358. The average Bonchev–Trinajstić information content (AvgIpc) is 2.15. The van der Waals surface area contributed by atoms with E-state index in [9.17, 15) is 4.79 Å². The van der Waals surface area contributed by atoms with Crippen LogP contribution in [0.1, 0.15) is 19.4 Å². The van der Waals surface area contributed by atoms with Crippen molar-refractivity contribution in [2.75, 3.05) is 0 Å². The van der Waals surface area contributed by atoms with Crippen molar-refractivity contribution >= 4 is 11.9 Å². The summed E-state index contributed by atoms with van der Waals surface area (Å²) in [6, 6.07) is 10.0. The summed E-state index contributed by atoms with van der Waals surface area (Å²) < 4.78 is 0. The second-order valence-electron chi connectivity index (χ2n) is 3.24. The van der Waals surface area contributed by atoms with Crippen molar-refractivity contribution in [1.29, 1.82) is 0 Å². The molecule has 0 saturated heterocycles. The molecule has 14 heavy (non-hydrogen) atoms. The van der Waals surface area contributed by atoms with Gasteiger partial charge in [0.25, 0.3) is 0 Å². The van der Waals surface area contributed by atoms with Gasteiger partial charge in [0.2, 0.25) is 0 Å². The Kier molecular flexibility index (Phi) is 3.86. The molecule has 0 aliphatic carbocycles. The summed E-state index contributed by atoms with van der Waals surface area (Å²) in [5.74, 6) is 0.0835. The number of rotatable bonds is 3. The van der Waals surface area contributed by atoms with E-state index >= 15 is 0 Å². The van der Waals surface area contributed by atoms with E-state index in [0.29, 0.717) is 0 Å². The topological polar surface area (TPSA) is 17.1 Å². The molecule has 1 aromatic rings. The Morgan fingerprint density at radius 2 is 1.79 bits per heavy atom. The number of hydrogen-bond acceptors (Lipinski definition) is 1. The predicted molar refractivity (Wildman–Crippen MR) is 59.9 cm³/mol. The van der Waals surface area contributed by atoms with Crippen molar-refractivity contribution in [1.82, 2.24) is 0 Å². The second-order valence-corrected chi connectivity index (χ2v) is 3.24. The third kappa shape index (κ3) is 3.85. The van der Waals surface area contributed by atoms with Crippen LogP contribution in [0.25, 0.3) is 6.08 Å². The molecule has 0 N–H and O–H groups in total. The van der Waals surface area contributed by atoms with Gasteiger partial charge in [-0.1, -0.05) is 42.5 Å². The summed E-state index contributed by atoms with van der Waals surface area (Å²) in [5, 5.41) is 0. The quantitative estimate of drug-likeness (QED) is 0.523. The number of hydrogen-bond donors (Lipinski definition) is 0. The zero-order chi connectivity index (χ0) is 10.4. The number of allylic oxidation sites excluding steroid dienone is 3. The number of carbonyl (C=O) groups is 1. The van der Waals surface area contributed by atoms with Crippen LogP contribution in [0.3, 0.4) is 0 Å². The molecule has 1 aromatic carbocycles. The maximum Gasteiger partial charge on any atom is 0.152 e. The summed E-state index contributed by atoms with van der Waals surface area (Å²) in [4.78, 5) is 10.8. The Balaban J connectivity index is 2.70. The minimum Gasteiger partial charge on any atom is -0.295 e. The van der Waals surface area contributed by atoms with Gasteiger partial charge in [0, 0.05) is 0 Å². The number of benzene rings is 1. The maximum atomic E-state index is 10.8. The van der Waals surface area contributed by atoms with Crippen LogP contribution in [0.2, 0.25) is 0 Å². The van der Waals surface area contributed by atoms with Gasteiger partial charge in [-0.15, -0.1) is 0 Å². The van der Waals surface area contributed by atoms with Crippen LogP contribution in [-0.4, -0.2) is 5.78 Å². The van der Waals surface area contributed by atoms with Crippen LogP contribution >= 0.6 is 0 Å². The first-order valence-corrected chi connectivity index (χ1v) is 4.60. The van der Waals surface area contributed by atoms with E-state index in [1.807, 2.05) is 49.4 Å². The largest absolute Gasteiger partial charge is 0.295 e. The average molecular weight is 186 g/mol. The lowest BCUT2D eigenvalue weighted by Gasteiger charge is -1.92. The van der Waals surface area contributed by atoms with Crippen molar-refractivity contribution < 1.29 is 4.79 Å². The van der Waals surface area contributed by atoms with Gasteiger partial charge in [0.1, 0.15) is 0 Å². The van der Waals surface area contributed by atoms with Gasteiger partial charge < -0.3 is 0 Å². The van der Waals surface area contributed by atoms with Gasteiger partial charge in [-0.3, -0.25) is 4.79 Å². The van der Waals surface area contributed by atoms with E-state index in [0.717, 1.165) is 11.1 Å². The molecule has 0 saturated carbocycles. The molecule has 72 valence electrons. The Morgan fingerprint density at radius 3 is 2.36 bits per heavy atom. The number of carbonyl (C=O) groups excluding carboxylic acids is 1. The molecule has 0 atom stereocenters. The van der Waals surface area contributed by atoms with Crippen LogP contribution < -0.4 is 0 Å². The van der Waals surface area contributed by atoms with Gasteiger partial charge >= 0.3 is 0 Å². The highest BCUT2D eigenvalue weighted by Gasteiger charge is 1.87. The monoisotopic (exact) mass is 186 g/mol. The first kappa shape index (κ1) is 10.5. The summed E-state index contributed by atoms with van der Waals surface area (Å²) >= 11 is 0. The van der Waals surface area contributed by atoms with Gasteiger partial charge in [0.05, 0.1) is 0 Å². The van der Waals surface area contributed by atoms with Crippen LogP contribution in [0.5, 0.6) is 0 Å². The minimum atomic E-state index is 0.0835. The molecule has 0 amide bonds. The SMILES string of the molecule is CC(=O)/C=C(C)\C=C\c1ccccc1. The molecule has 0 aromatic heterocycles. The number of ketones is 1. The van der Waals surface area contributed by atoms with Gasteiger partial charge in [-0.2, -0.15) is 0 Å². The van der Waals surface area contributed by atoms with Crippen molar-refractivity contribution in [2.45, 2.75) is 13.8 Å². The molecule has 1 heteroatoms.